The van der Waals surface area contributed by atoms with Crippen LogP contribution < -0.4 is 0 Å². The molecule has 0 unspecified atom stereocenters. The summed E-state index contributed by atoms with van der Waals surface area (Å²) in [6.45, 7) is 0. The lowest BCUT2D eigenvalue weighted by Gasteiger charge is -2.41. The maximum absolute atomic E-state index is 12.6. The second-order valence-corrected chi connectivity index (χ2v) is 5.61. The average molecular weight is 237 g/mol. The largest absolute Gasteiger partial charge is 0.297 e. The number of ketones is 1. The van der Waals surface area contributed by atoms with E-state index in [1.807, 2.05) is 30.9 Å². The maximum atomic E-state index is 12.6. The first-order valence-electron chi connectivity index (χ1n) is 5.91. The summed E-state index contributed by atoms with van der Waals surface area (Å²) < 4.78 is 0. The molecule has 0 saturated heterocycles. The minimum atomic E-state index is -0.237. The van der Waals surface area contributed by atoms with Crippen molar-refractivity contribution < 1.29 is 4.79 Å². The van der Waals surface area contributed by atoms with E-state index in [0.29, 0.717) is 5.78 Å². The number of hydrogen-bond donors (Lipinski definition) is 0. The minimum absolute atomic E-state index is 0.237. The van der Waals surface area contributed by atoms with Crippen LogP contribution in [-0.4, -0.2) is 30.3 Å². The van der Waals surface area contributed by atoms with E-state index < -0.39 is 0 Å². The third-order valence-electron chi connectivity index (χ3n) is 3.74. The maximum Gasteiger partial charge on any atom is 0.183 e. The molecule has 1 aliphatic carbocycles. The van der Waals surface area contributed by atoms with Crippen molar-refractivity contribution in [2.45, 2.75) is 37.6 Å². The molecule has 0 radical (unpaired) electrons. The van der Waals surface area contributed by atoms with Crippen molar-refractivity contribution in [3.05, 3.63) is 22.4 Å². The molecule has 0 aliphatic heterocycles. The number of rotatable bonds is 3. The minimum Gasteiger partial charge on any atom is -0.297 e. The SMILES string of the molecule is CN(C)C1(C(=O)c2ccsc2)CCCCC1. The number of thiophene rings is 1. The van der Waals surface area contributed by atoms with Gasteiger partial charge in [0.15, 0.2) is 5.78 Å². The van der Waals surface area contributed by atoms with Crippen LogP contribution in [0, 0.1) is 0 Å². The van der Waals surface area contributed by atoms with E-state index in [1.54, 1.807) is 11.3 Å². The third kappa shape index (κ3) is 1.94. The first-order chi connectivity index (χ1) is 7.67. The smallest absolute Gasteiger partial charge is 0.183 e. The molecular formula is C13H19NOS. The molecule has 1 heterocycles. The summed E-state index contributed by atoms with van der Waals surface area (Å²) in [5.74, 6) is 0.318. The highest BCUT2D eigenvalue weighted by Gasteiger charge is 2.41. The topological polar surface area (TPSA) is 20.3 Å². The number of carbonyl (C=O) groups excluding carboxylic acids is 1. The summed E-state index contributed by atoms with van der Waals surface area (Å²) in [4.78, 5) is 14.7. The quantitative estimate of drug-likeness (QED) is 0.752. The Labute approximate surface area is 101 Å². The number of likely N-dealkylation sites (N-methyl/N-ethyl adjacent to an activating group) is 1. The van der Waals surface area contributed by atoms with Crippen LogP contribution in [-0.2, 0) is 0 Å². The van der Waals surface area contributed by atoms with Gasteiger partial charge in [0, 0.05) is 10.9 Å². The first-order valence-corrected chi connectivity index (χ1v) is 6.85. The van der Waals surface area contributed by atoms with Gasteiger partial charge in [-0.1, -0.05) is 19.3 Å². The van der Waals surface area contributed by atoms with Crippen molar-refractivity contribution in [2.24, 2.45) is 0 Å². The van der Waals surface area contributed by atoms with Crippen molar-refractivity contribution in [1.82, 2.24) is 4.90 Å². The van der Waals surface area contributed by atoms with E-state index in [1.165, 1.54) is 19.3 Å². The van der Waals surface area contributed by atoms with Crippen LogP contribution >= 0.6 is 11.3 Å². The molecule has 0 spiro atoms. The van der Waals surface area contributed by atoms with Crippen molar-refractivity contribution >= 4 is 17.1 Å². The molecule has 1 saturated carbocycles. The fraction of sp³-hybridized carbons (Fsp3) is 0.615. The summed E-state index contributed by atoms with van der Waals surface area (Å²) >= 11 is 1.60. The molecule has 2 rings (SSSR count). The Hall–Kier alpha value is -0.670. The summed E-state index contributed by atoms with van der Waals surface area (Å²) in [7, 11) is 4.07. The zero-order valence-electron chi connectivity index (χ0n) is 10.0. The Balaban J connectivity index is 2.28. The Bertz CT molecular complexity index is 350. The van der Waals surface area contributed by atoms with Crippen LogP contribution in [0.15, 0.2) is 16.8 Å². The van der Waals surface area contributed by atoms with Gasteiger partial charge in [0.05, 0.1) is 5.54 Å². The van der Waals surface area contributed by atoms with Crippen molar-refractivity contribution in [3.8, 4) is 0 Å². The predicted molar refractivity (Wildman–Crippen MR) is 68.2 cm³/mol. The third-order valence-corrected chi connectivity index (χ3v) is 4.43. The lowest BCUT2D eigenvalue weighted by molar-refractivity contribution is 0.0564. The van der Waals surface area contributed by atoms with Gasteiger partial charge < -0.3 is 0 Å². The van der Waals surface area contributed by atoms with Gasteiger partial charge in [-0.05, 0) is 38.4 Å². The van der Waals surface area contributed by atoms with Crippen molar-refractivity contribution in [2.75, 3.05) is 14.1 Å². The van der Waals surface area contributed by atoms with Crippen LogP contribution in [0.25, 0.3) is 0 Å². The van der Waals surface area contributed by atoms with E-state index in [4.69, 9.17) is 0 Å². The highest BCUT2D eigenvalue weighted by atomic mass is 32.1. The van der Waals surface area contributed by atoms with Crippen LogP contribution in [0.4, 0.5) is 0 Å². The normalized spacial score (nSPS) is 19.9. The number of carbonyl (C=O) groups is 1. The first kappa shape index (κ1) is 11.8. The van der Waals surface area contributed by atoms with Crippen molar-refractivity contribution in [1.29, 1.82) is 0 Å². The van der Waals surface area contributed by atoms with Gasteiger partial charge in [0.25, 0.3) is 0 Å². The number of nitrogens with zero attached hydrogens (tertiary/aromatic N) is 1. The second-order valence-electron chi connectivity index (χ2n) is 4.83. The lowest BCUT2D eigenvalue weighted by atomic mass is 9.76. The standard InChI is InChI=1S/C13H19NOS/c1-14(2)13(7-4-3-5-8-13)12(15)11-6-9-16-10-11/h6,9-10H,3-5,7-8H2,1-2H3. The fourth-order valence-electron chi connectivity index (χ4n) is 2.68. The fourth-order valence-corrected chi connectivity index (χ4v) is 3.31. The number of Topliss-reactive ketones (excluding diaryl/α,β-unsaturated/α-hetero) is 1. The van der Waals surface area contributed by atoms with E-state index in [2.05, 4.69) is 4.90 Å². The molecule has 0 atom stereocenters. The van der Waals surface area contributed by atoms with Gasteiger partial charge in [0.1, 0.15) is 0 Å². The summed E-state index contributed by atoms with van der Waals surface area (Å²) in [5, 5.41) is 3.96. The predicted octanol–water partition coefficient (Wildman–Crippen LogP) is 3.20. The molecule has 2 nitrogen and oxygen atoms in total. The van der Waals surface area contributed by atoms with Crippen LogP contribution in [0.1, 0.15) is 42.5 Å². The van der Waals surface area contributed by atoms with E-state index >= 15 is 0 Å². The molecule has 1 aliphatic rings. The highest BCUT2D eigenvalue weighted by molar-refractivity contribution is 7.08. The molecule has 3 heteroatoms. The van der Waals surface area contributed by atoms with Gasteiger partial charge in [-0.25, -0.2) is 0 Å². The second kappa shape index (κ2) is 4.68. The Kier molecular flexibility index (Phi) is 3.45. The molecule has 16 heavy (non-hydrogen) atoms. The van der Waals surface area contributed by atoms with Crippen LogP contribution in [0.5, 0.6) is 0 Å². The summed E-state index contributed by atoms with van der Waals surface area (Å²) in [6.07, 6.45) is 5.64. The van der Waals surface area contributed by atoms with E-state index in [0.717, 1.165) is 18.4 Å². The molecule has 0 aromatic carbocycles. The van der Waals surface area contributed by atoms with E-state index in [9.17, 15) is 4.79 Å². The van der Waals surface area contributed by atoms with Gasteiger partial charge in [-0.2, -0.15) is 11.3 Å². The molecule has 88 valence electrons. The number of hydrogen-bond acceptors (Lipinski definition) is 3. The molecule has 1 fully saturated rings. The zero-order chi connectivity index (χ0) is 11.6. The Morgan fingerprint density at radius 1 is 1.31 bits per heavy atom. The van der Waals surface area contributed by atoms with Gasteiger partial charge in [-0.15, -0.1) is 0 Å². The monoisotopic (exact) mass is 237 g/mol. The summed E-state index contributed by atoms with van der Waals surface area (Å²) in [5.41, 5.74) is 0.653. The van der Waals surface area contributed by atoms with E-state index in [-0.39, 0.29) is 5.54 Å². The lowest BCUT2D eigenvalue weighted by Crippen LogP contribution is -2.52. The highest BCUT2D eigenvalue weighted by Crippen LogP contribution is 2.35. The van der Waals surface area contributed by atoms with Crippen LogP contribution in [0.2, 0.25) is 0 Å². The summed E-state index contributed by atoms with van der Waals surface area (Å²) in [6, 6.07) is 1.95. The van der Waals surface area contributed by atoms with Crippen LogP contribution in [0.3, 0.4) is 0 Å². The molecule has 0 amide bonds. The Morgan fingerprint density at radius 2 is 2.00 bits per heavy atom. The molecule has 0 bridgehead atoms. The van der Waals surface area contributed by atoms with Gasteiger partial charge in [0.2, 0.25) is 0 Å². The molecule has 1 aromatic heterocycles. The zero-order valence-corrected chi connectivity index (χ0v) is 10.8. The van der Waals surface area contributed by atoms with Crippen molar-refractivity contribution in [3.63, 3.8) is 0 Å². The molecular weight excluding hydrogens is 218 g/mol. The molecule has 0 N–H and O–H groups in total. The Morgan fingerprint density at radius 3 is 2.50 bits per heavy atom. The average Bonchev–Trinajstić information content (AvgIpc) is 2.82. The van der Waals surface area contributed by atoms with Gasteiger partial charge in [-0.3, -0.25) is 9.69 Å². The van der Waals surface area contributed by atoms with Gasteiger partial charge >= 0.3 is 0 Å². The molecule has 1 aromatic rings.